The molecule has 1 heterocycles. The lowest BCUT2D eigenvalue weighted by Gasteiger charge is -1.85. The van der Waals surface area contributed by atoms with Crippen LogP contribution in [0.1, 0.15) is 6.92 Å². The predicted octanol–water partition coefficient (Wildman–Crippen LogP) is 1.14. The highest BCUT2D eigenvalue weighted by molar-refractivity contribution is 8.14. The second-order valence-electron chi connectivity index (χ2n) is 1.48. The average molecular weight is 130 g/mol. The van der Waals surface area contributed by atoms with Gasteiger partial charge in [0.15, 0.2) is 0 Å². The summed E-state index contributed by atoms with van der Waals surface area (Å²) >= 11 is 1.48. The molecule has 0 fully saturated rings. The Balaban J connectivity index is 2.51. The van der Waals surface area contributed by atoms with Crippen LogP contribution < -0.4 is 0 Å². The average Bonchev–Trinajstić information content (AvgIpc) is 2.45. The van der Waals surface area contributed by atoms with Crippen LogP contribution >= 0.6 is 11.8 Å². The Hall–Kier alpha value is -0.440. The summed E-state index contributed by atoms with van der Waals surface area (Å²) in [5.74, 6) is -0.201. The molecule has 1 aliphatic rings. The van der Waals surface area contributed by atoms with Crippen LogP contribution in [0.25, 0.3) is 0 Å². The molecular weight excluding hydrogens is 124 g/mol. The molecule has 0 aliphatic carbocycles. The number of allylic oxidation sites excluding steroid dienone is 1. The van der Waals surface area contributed by atoms with E-state index in [4.69, 9.17) is 0 Å². The van der Waals surface area contributed by atoms with Gasteiger partial charge in [-0.05, 0) is 6.92 Å². The van der Waals surface area contributed by atoms with Crippen molar-refractivity contribution in [2.75, 3.05) is 7.11 Å². The van der Waals surface area contributed by atoms with E-state index in [9.17, 15) is 4.79 Å². The maximum atomic E-state index is 10.5. The van der Waals surface area contributed by atoms with Crippen LogP contribution in [0.15, 0.2) is 9.81 Å². The van der Waals surface area contributed by atoms with Gasteiger partial charge >= 0.3 is 5.97 Å². The topological polar surface area (TPSA) is 26.3 Å². The minimum atomic E-state index is -0.201. The first kappa shape index (κ1) is 5.69. The fourth-order valence-electron chi connectivity index (χ4n) is 0.406. The molecule has 1 aliphatic heterocycles. The molecule has 0 N–H and O–H groups in total. The monoisotopic (exact) mass is 130 g/mol. The van der Waals surface area contributed by atoms with E-state index in [1.807, 2.05) is 6.92 Å². The number of thioether (sulfide) groups is 1. The van der Waals surface area contributed by atoms with E-state index < -0.39 is 0 Å². The van der Waals surface area contributed by atoms with Gasteiger partial charge in [0.1, 0.15) is 4.91 Å². The zero-order chi connectivity index (χ0) is 6.15. The second kappa shape index (κ2) is 1.82. The summed E-state index contributed by atoms with van der Waals surface area (Å²) in [6, 6.07) is 0. The summed E-state index contributed by atoms with van der Waals surface area (Å²) in [7, 11) is 1.39. The Morgan fingerprint density at radius 1 is 1.75 bits per heavy atom. The van der Waals surface area contributed by atoms with Gasteiger partial charge in [0.25, 0.3) is 0 Å². The van der Waals surface area contributed by atoms with Gasteiger partial charge in [0, 0.05) is 4.91 Å². The highest BCUT2D eigenvalue weighted by atomic mass is 32.2. The molecule has 0 aromatic rings. The SMILES string of the molecule is COC(=O)C1=C(C)S1. The third kappa shape index (κ3) is 0.865. The summed E-state index contributed by atoms with van der Waals surface area (Å²) < 4.78 is 4.43. The molecule has 8 heavy (non-hydrogen) atoms. The largest absolute Gasteiger partial charge is 0.465 e. The fourth-order valence-corrected chi connectivity index (χ4v) is 0.911. The van der Waals surface area contributed by atoms with Crippen LogP contribution in [0, 0.1) is 0 Å². The fraction of sp³-hybridized carbons (Fsp3) is 0.400. The predicted molar refractivity (Wildman–Crippen MR) is 32.3 cm³/mol. The van der Waals surface area contributed by atoms with E-state index in [1.54, 1.807) is 0 Å². The Morgan fingerprint density at radius 2 is 2.25 bits per heavy atom. The number of carbonyl (C=O) groups is 1. The highest BCUT2D eigenvalue weighted by Gasteiger charge is 2.26. The van der Waals surface area contributed by atoms with Crippen molar-refractivity contribution in [3.05, 3.63) is 9.81 Å². The lowest BCUT2D eigenvalue weighted by atomic mass is 10.5. The summed E-state index contributed by atoms with van der Waals surface area (Å²) in [6.45, 7) is 1.90. The van der Waals surface area contributed by atoms with Crippen LogP contribution in [0.3, 0.4) is 0 Å². The maximum absolute atomic E-state index is 10.5. The zero-order valence-electron chi connectivity index (χ0n) is 4.72. The van der Waals surface area contributed by atoms with Crippen molar-refractivity contribution in [3.8, 4) is 0 Å². The lowest BCUT2D eigenvalue weighted by Crippen LogP contribution is -1.94. The molecule has 0 radical (unpaired) electrons. The van der Waals surface area contributed by atoms with E-state index >= 15 is 0 Å². The molecule has 3 heteroatoms. The molecule has 0 aromatic heterocycles. The molecule has 0 aromatic carbocycles. The summed E-state index contributed by atoms with van der Waals surface area (Å²) in [5.41, 5.74) is 0. The van der Waals surface area contributed by atoms with Crippen LogP contribution in [0.4, 0.5) is 0 Å². The number of rotatable bonds is 1. The Morgan fingerprint density at radius 3 is 2.38 bits per heavy atom. The van der Waals surface area contributed by atoms with E-state index in [0.717, 1.165) is 9.81 Å². The van der Waals surface area contributed by atoms with Crippen molar-refractivity contribution < 1.29 is 9.53 Å². The molecule has 0 bridgehead atoms. The van der Waals surface area contributed by atoms with Crippen molar-refractivity contribution in [2.24, 2.45) is 0 Å². The first-order chi connectivity index (χ1) is 3.75. The van der Waals surface area contributed by atoms with Crippen molar-refractivity contribution in [1.29, 1.82) is 0 Å². The van der Waals surface area contributed by atoms with Gasteiger partial charge in [-0.15, -0.1) is 0 Å². The van der Waals surface area contributed by atoms with Gasteiger partial charge in [0.2, 0.25) is 0 Å². The number of esters is 1. The molecule has 2 nitrogen and oxygen atoms in total. The summed E-state index contributed by atoms with van der Waals surface area (Å²) in [4.78, 5) is 12.3. The van der Waals surface area contributed by atoms with Crippen molar-refractivity contribution in [1.82, 2.24) is 0 Å². The normalized spacial score (nSPS) is 16.2. The minimum Gasteiger partial charge on any atom is -0.465 e. The molecule has 1 rings (SSSR count). The van der Waals surface area contributed by atoms with E-state index in [2.05, 4.69) is 4.74 Å². The van der Waals surface area contributed by atoms with Crippen molar-refractivity contribution >= 4 is 17.7 Å². The highest BCUT2D eigenvalue weighted by Crippen LogP contribution is 2.44. The van der Waals surface area contributed by atoms with Gasteiger partial charge < -0.3 is 4.74 Å². The van der Waals surface area contributed by atoms with Crippen molar-refractivity contribution in [2.45, 2.75) is 6.92 Å². The van der Waals surface area contributed by atoms with E-state index in [0.29, 0.717) is 0 Å². The molecule has 0 spiro atoms. The minimum absolute atomic E-state index is 0.201. The van der Waals surface area contributed by atoms with Crippen LogP contribution in [-0.4, -0.2) is 13.1 Å². The second-order valence-corrected chi connectivity index (χ2v) is 2.70. The molecule has 0 saturated carbocycles. The maximum Gasteiger partial charge on any atom is 0.345 e. The standard InChI is InChI=1S/C5H6O2S/c1-3-4(8-3)5(6)7-2/h1-2H3. The third-order valence-corrected chi connectivity index (χ3v) is 1.89. The molecule has 0 unspecified atom stereocenters. The van der Waals surface area contributed by atoms with Crippen LogP contribution in [-0.2, 0) is 9.53 Å². The Bertz CT molecular complexity index is 160. The van der Waals surface area contributed by atoms with Crippen LogP contribution in [0.2, 0.25) is 0 Å². The summed E-state index contributed by atoms with van der Waals surface area (Å²) in [5, 5.41) is 0. The van der Waals surface area contributed by atoms with E-state index in [-0.39, 0.29) is 5.97 Å². The van der Waals surface area contributed by atoms with Gasteiger partial charge in [-0.3, -0.25) is 0 Å². The molecule has 0 atom stereocenters. The van der Waals surface area contributed by atoms with Crippen LogP contribution in [0.5, 0.6) is 0 Å². The zero-order valence-corrected chi connectivity index (χ0v) is 5.54. The molecule has 0 amide bonds. The molecular formula is C5H6O2S. The number of hydrogen-bond donors (Lipinski definition) is 0. The Labute approximate surface area is 51.9 Å². The number of carbonyl (C=O) groups excluding carboxylic acids is 1. The van der Waals surface area contributed by atoms with Crippen molar-refractivity contribution in [3.63, 3.8) is 0 Å². The molecule has 0 saturated heterocycles. The number of ether oxygens (including phenoxy) is 1. The van der Waals surface area contributed by atoms with Gasteiger partial charge in [-0.25, -0.2) is 4.79 Å². The number of methoxy groups -OCH3 is 1. The Kier molecular flexibility index (Phi) is 1.29. The lowest BCUT2D eigenvalue weighted by molar-refractivity contribution is -0.135. The van der Waals surface area contributed by atoms with E-state index in [1.165, 1.54) is 18.9 Å². The smallest absolute Gasteiger partial charge is 0.345 e. The first-order valence-corrected chi connectivity index (χ1v) is 3.04. The van der Waals surface area contributed by atoms with Gasteiger partial charge in [0.05, 0.1) is 7.11 Å². The summed E-state index contributed by atoms with van der Waals surface area (Å²) in [6.07, 6.45) is 0. The number of hydrogen-bond acceptors (Lipinski definition) is 3. The first-order valence-electron chi connectivity index (χ1n) is 2.22. The quantitative estimate of drug-likeness (QED) is 0.498. The van der Waals surface area contributed by atoms with Gasteiger partial charge in [-0.2, -0.15) is 0 Å². The molecule has 44 valence electrons. The van der Waals surface area contributed by atoms with Gasteiger partial charge in [-0.1, -0.05) is 11.8 Å². The third-order valence-electron chi connectivity index (χ3n) is 0.904.